The van der Waals surface area contributed by atoms with Crippen molar-refractivity contribution < 1.29 is 27.7 Å². The van der Waals surface area contributed by atoms with E-state index in [9.17, 15) is 0 Å². The van der Waals surface area contributed by atoms with Crippen LogP contribution in [-0.4, -0.2) is 39.9 Å². The van der Waals surface area contributed by atoms with Crippen LogP contribution in [0.2, 0.25) is 0 Å². The van der Waals surface area contributed by atoms with Crippen molar-refractivity contribution in [3.05, 3.63) is 0 Å². The maximum absolute atomic E-state index is 9.09. The summed E-state index contributed by atoms with van der Waals surface area (Å²) in [5.74, 6) is 0. The predicted molar refractivity (Wildman–Crippen MR) is 56.0 cm³/mol. The highest BCUT2D eigenvalue weighted by atomic mass is 32.3. The molecule has 0 bridgehead atoms. The lowest BCUT2D eigenvalue weighted by Gasteiger charge is -2.10. The van der Waals surface area contributed by atoms with Gasteiger partial charge in [0.25, 0.3) is 0 Å². The number of aliphatic hydroxyl groups excluding tert-OH is 2. The summed E-state index contributed by atoms with van der Waals surface area (Å²) in [6.45, 7) is 3.89. The van der Waals surface area contributed by atoms with Crippen molar-refractivity contribution in [1.82, 2.24) is 0 Å². The van der Waals surface area contributed by atoms with Crippen LogP contribution in [-0.2, 0) is 10.4 Å². The summed E-state index contributed by atoms with van der Waals surface area (Å²) in [7, 11) is -4.67. The molecular weight excluding hydrogens is 224 g/mol. The number of aliphatic hydroxyl groups is 2. The summed E-state index contributed by atoms with van der Waals surface area (Å²) < 4.78 is 31.6. The van der Waals surface area contributed by atoms with Gasteiger partial charge in [0.15, 0.2) is 0 Å². The first-order valence-electron chi connectivity index (χ1n) is 4.76. The van der Waals surface area contributed by atoms with E-state index in [2.05, 4.69) is 0 Å². The van der Waals surface area contributed by atoms with Crippen LogP contribution in [0.4, 0.5) is 0 Å². The molecule has 0 aromatic rings. The summed E-state index contributed by atoms with van der Waals surface area (Å²) in [5, 5.41) is 18.2. The Balaban J connectivity index is 0. The molecule has 15 heavy (non-hydrogen) atoms. The zero-order valence-corrected chi connectivity index (χ0v) is 9.81. The van der Waals surface area contributed by atoms with Crippen LogP contribution in [0.15, 0.2) is 0 Å². The van der Waals surface area contributed by atoms with E-state index < -0.39 is 10.4 Å². The van der Waals surface area contributed by atoms with Crippen LogP contribution in [0.3, 0.4) is 0 Å². The molecule has 0 rings (SSSR count). The molecule has 94 valence electrons. The van der Waals surface area contributed by atoms with E-state index >= 15 is 0 Å². The molecule has 0 aliphatic carbocycles. The molecule has 0 aromatic carbocycles. The second kappa shape index (κ2) is 9.05. The minimum atomic E-state index is -4.67. The molecule has 4 N–H and O–H groups in total. The van der Waals surface area contributed by atoms with Crippen LogP contribution in [0, 0.1) is 0 Å². The summed E-state index contributed by atoms with van der Waals surface area (Å²) in [6.07, 6.45) is 2.59. The number of rotatable bonds is 5. The van der Waals surface area contributed by atoms with Crippen LogP contribution in [0.1, 0.15) is 39.5 Å². The largest absolute Gasteiger partial charge is 0.394 e. The second-order valence-corrected chi connectivity index (χ2v) is 4.04. The quantitative estimate of drug-likeness (QED) is 0.528. The van der Waals surface area contributed by atoms with Gasteiger partial charge < -0.3 is 10.2 Å². The van der Waals surface area contributed by atoms with Crippen molar-refractivity contribution in [3.63, 3.8) is 0 Å². The van der Waals surface area contributed by atoms with Crippen LogP contribution >= 0.6 is 0 Å². The average molecular weight is 244 g/mol. The number of hydrogen-bond acceptors (Lipinski definition) is 4. The third-order valence-electron chi connectivity index (χ3n) is 1.78. The normalized spacial score (nSPS) is 15.1. The molecule has 0 spiro atoms. The van der Waals surface area contributed by atoms with Gasteiger partial charge in [-0.25, -0.2) is 0 Å². The minimum absolute atomic E-state index is 0.221. The fourth-order valence-corrected chi connectivity index (χ4v) is 0.793. The van der Waals surface area contributed by atoms with Crippen molar-refractivity contribution in [2.75, 3.05) is 0 Å². The molecule has 0 aliphatic rings. The van der Waals surface area contributed by atoms with Gasteiger partial charge in [-0.15, -0.1) is 0 Å². The minimum Gasteiger partial charge on any atom is -0.393 e. The molecule has 0 aliphatic heterocycles. The van der Waals surface area contributed by atoms with Crippen LogP contribution in [0.5, 0.6) is 0 Å². The number of hydrogen-bond donors (Lipinski definition) is 4. The van der Waals surface area contributed by atoms with E-state index in [4.69, 9.17) is 27.7 Å². The molecule has 7 heteroatoms. The predicted octanol–water partition coefficient (Wildman–Crippen LogP) is 0.656. The highest BCUT2D eigenvalue weighted by Crippen LogP contribution is 2.06. The van der Waals surface area contributed by atoms with Gasteiger partial charge in [-0.3, -0.25) is 9.11 Å². The lowest BCUT2D eigenvalue weighted by molar-refractivity contribution is 0.109. The zero-order valence-electron chi connectivity index (χ0n) is 9.00. The molecule has 0 heterocycles. The van der Waals surface area contributed by atoms with E-state index in [0.29, 0.717) is 0 Å². The van der Waals surface area contributed by atoms with Gasteiger partial charge >= 0.3 is 10.4 Å². The smallest absolute Gasteiger partial charge is 0.393 e. The van der Waals surface area contributed by atoms with Crippen molar-refractivity contribution in [3.8, 4) is 0 Å². The Morgan fingerprint density at radius 1 is 0.933 bits per heavy atom. The van der Waals surface area contributed by atoms with Gasteiger partial charge in [0.1, 0.15) is 0 Å². The summed E-state index contributed by atoms with van der Waals surface area (Å²) in [5.41, 5.74) is 0. The first kappa shape index (κ1) is 17.2. The van der Waals surface area contributed by atoms with Crippen molar-refractivity contribution in [2.24, 2.45) is 0 Å². The summed E-state index contributed by atoms with van der Waals surface area (Å²) >= 11 is 0. The maximum atomic E-state index is 9.09. The van der Waals surface area contributed by atoms with Gasteiger partial charge in [0.05, 0.1) is 12.2 Å². The van der Waals surface area contributed by atoms with Crippen LogP contribution < -0.4 is 0 Å². The van der Waals surface area contributed by atoms with Gasteiger partial charge in [0.2, 0.25) is 0 Å². The second-order valence-electron chi connectivity index (χ2n) is 3.15. The Morgan fingerprint density at radius 3 is 1.27 bits per heavy atom. The molecule has 0 unspecified atom stereocenters. The van der Waals surface area contributed by atoms with Gasteiger partial charge in [-0.2, -0.15) is 8.42 Å². The fourth-order valence-electron chi connectivity index (χ4n) is 0.793. The maximum Gasteiger partial charge on any atom is 0.394 e. The molecule has 0 radical (unpaired) electrons. The fraction of sp³-hybridized carbons (Fsp3) is 1.00. The van der Waals surface area contributed by atoms with E-state index in [0.717, 1.165) is 25.7 Å². The lowest BCUT2D eigenvalue weighted by Crippen LogP contribution is -2.11. The first-order chi connectivity index (χ1) is 6.70. The van der Waals surface area contributed by atoms with Gasteiger partial charge in [-0.05, 0) is 25.7 Å². The standard InChI is InChI=1S/C8H18O2.H2O4S/c1-3-7(9)5-6-8(10)4-2;1-5(2,3)4/h7-10H,3-6H2,1-2H3;(H2,1,2,3,4)/t7-,8-;/m1./s1. The Bertz CT molecular complexity index is 207. The Labute approximate surface area is 90.5 Å². The molecule has 0 aromatic heterocycles. The third kappa shape index (κ3) is 24.8. The van der Waals surface area contributed by atoms with Crippen molar-refractivity contribution in [1.29, 1.82) is 0 Å². The average Bonchev–Trinajstić information content (AvgIpc) is 2.10. The van der Waals surface area contributed by atoms with Crippen molar-refractivity contribution >= 4 is 10.4 Å². The Hall–Kier alpha value is -0.210. The highest BCUT2D eigenvalue weighted by molar-refractivity contribution is 7.79. The monoisotopic (exact) mass is 244 g/mol. The molecule has 6 nitrogen and oxygen atoms in total. The molecular formula is C8H20O6S. The molecule has 0 saturated carbocycles. The summed E-state index contributed by atoms with van der Waals surface area (Å²) in [6, 6.07) is 0. The van der Waals surface area contributed by atoms with E-state index in [1.54, 1.807) is 0 Å². The third-order valence-corrected chi connectivity index (χ3v) is 1.78. The Kier molecular flexibility index (Phi) is 10.4. The molecule has 0 amide bonds. The molecule has 2 atom stereocenters. The first-order valence-corrected chi connectivity index (χ1v) is 6.16. The van der Waals surface area contributed by atoms with E-state index in [1.165, 1.54) is 0 Å². The molecule has 0 fully saturated rings. The highest BCUT2D eigenvalue weighted by Gasteiger charge is 2.04. The van der Waals surface area contributed by atoms with Gasteiger partial charge in [-0.1, -0.05) is 13.8 Å². The van der Waals surface area contributed by atoms with Crippen molar-refractivity contribution in [2.45, 2.75) is 51.7 Å². The summed E-state index contributed by atoms with van der Waals surface area (Å²) in [4.78, 5) is 0. The van der Waals surface area contributed by atoms with E-state index in [1.807, 2.05) is 13.8 Å². The lowest BCUT2D eigenvalue weighted by atomic mass is 10.1. The topological polar surface area (TPSA) is 115 Å². The van der Waals surface area contributed by atoms with E-state index in [-0.39, 0.29) is 12.2 Å². The molecule has 0 saturated heterocycles. The Morgan fingerprint density at radius 2 is 1.13 bits per heavy atom. The zero-order chi connectivity index (χ0) is 12.5. The SMILES string of the molecule is CC[C@@H](O)CC[C@H](O)CC.O=S(=O)(O)O. The van der Waals surface area contributed by atoms with Crippen LogP contribution in [0.25, 0.3) is 0 Å². The van der Waals surface area contributed by atoms with Gasteiger partial charge in [0, 0.05) is 0 Å².